The quantitative estimate of drug-likeness (QED) is 0.489. The van der Waals surface area contributed by atoms with Gasteiger partial charge in [-0.2, -0.15) is 0 Å². The Labute approximate surface area is 144 Å². The highest BCUT2D eigenvalue weighted by Crippen LogP contribution is 2.17. The highest BCUT2D eigenvalue weighted by atomic mass is 16.5. The van der Waals surface area contributed by atoms with Crippen LogP contribution in [0.3, 0.4) is 0 Å². The first kappa shape index (κ1) is 18.1. The van der Waals surface area contributed by atoms with Crippen LogP contribution in [0.4, 0.5) is 0 Å². The van der Waals surface area contributed by atoms with Crippen molar-refractivity contribution in [1.29, 1.82) is 0 Å². The highest BCUT2D eigenvalue weighted by molar-refractivity contribution is 5.88. The largest absolute Gasteiger partial charge is 0.462 e. The van der Waals surface area contributed by atoms with E-state index in [1.165, 1.54) is 50.1 Å². The zero-order valence-corrected chi connectivity index (χ0v) is 14.6. The van der Waals surface area contributed by atoms with Crippen LogP contribution >= 0.6 is 0 Å². The Kier molecular flexibility index (Phi) is 7.40. The lowest BCUT2D eigenvalue weighted by molar-refractivity contribution is 0.0525. The zero-order chi connectivity index (χ0) is 17.2. The van der Waals surface area contributed by atoms with Crippen LogP contribution in [0.15, 0.2) is 36.7 Å². The molecular formula is C20H26N2O2. The van der Waals surface area contributed by atoms with Crippen molar-refractivity contribution in [3.05, 3.63) is 47.8 Å². The second-order valence-electron chi connectivity index (χ2n) is 5.88. The molecule has 0 saturated heterocycles. The third-order valence-electron chi connectivity index (χ3n) is 3.94. The van der Waals surface area contributed by atoms with E-state index >= 15 is 0 Å². The van der Waals surface area contributed by atoms with Gasteiger partial charge in [0.25, 0.3) is 0 Å². The normalized spacial score (nSPS) is 10.6. The number of rotatable bonds is 9. The second kappa shape index (κ2) is 9.81. The monoisotopic (exact) mass is 326 g/mol. The Balaban J connectivity index is 1.91. The molecule has 2 rings (SSSR count). The molecule has 0 radical (unpaired) electrons. The molecule has 1 heterocycles. The van der Waals surface area contributed by atoms with Gasteiger partial charge in [0.1, 0.15) is 0 Å². The van der Waals surface area contributed by atoms with Crippen molar-refractivity contribution >= 4 is 5.97 Å². The fraction of sp³-hybridized carbons (Fsp3) is 0.450. The Hall–Kier alpha value is -2.23. The molecule has 4 nitrogen and oxygen atoms in total. The molecule has 0 bridgehead atoms. The number of nitrogens with zero attached hydrogens (tertiary/aromatic N) is 2. The average molecular weight is 326 g/mol. The first-order valence-electron chi connectivity index (χ1n) is 8.83. The lowest BCUT2D eigenvalue weighted by Crippen LogP contribution is -2.06. The van der Waals surface area contributed by atoms with Crippen molar-refractivity contribution in [2.24, 2.45) is 0 Å². The number of benzene rings is 1. The maximum Gasteiger partial charge on any atom is 0.341 e. The van der Waals surface area contributed by atoms with Gasteiger partial charge < -0.3 is 4.74 Å². The summed E-state index contributed by atoms with van der Waals surface area (Å²) < 4.78 is 4.93. The number of carbonyl (C=O) groups is 1. The summed E-state index contributed by atoms with van der Waals surface area (Å²) in [6.07, 6.45) is 10.6. The number of carbonyl (C=O) groups excluding carboxylic acids is 1. The molecule has 0 spiro atoms. The van der Waals surface area contributed by atoms with Crippen LogP contribution < -0.4 is 0 Å². The number of hydrogen-bond donors (Lipinski definition) is 0. The molecular weight excluding hydrogens is 300 g/mol. The van der Waals surface area contributed by atoms with Gasteiger partial charge in [0.15, 0.2) is 5.82 Å². The molecule has 1 aromatic heterocycles. The van der Waals surface area contributed by atoms with Gasteiger partial charge in [-0.1, -0.05) is 56.9 Å². The van der Waals surface area contributed by atoms with Crippen molar-refractivity contribution in [1.82, 2.24) is 9.97 Å². The van der Waals surface area contributed by atoms with Gasteiger partial charge >= 0.3 is 5.97 Å². The van der Waals surface area contributed by atoms with Gasteiger partial charge in [0.2, 0.25) is 0 Å². The van der Waals surface area contributed by atoms with Crippen molar-refractivity contribution in [2.75, 3.05) is 6.61 Å². The number of unbranched alkanes of at least 4 members (excludes halogenated alkanes) is 4. The van der Waals surface area contributed by atoms with E-state index in [-0.39, 0.29) is 5.97 Å². The summed E-state index contributed by atoms with van der Waals surface area (Å²) in [4.78, 5) is 20.1. The van der Waals surface area contributed by atoms with Gasteiger partial charge in [0, 0.05) is 18.0 Å². The summed E-state index contributed by atoms with van der Waals surface area (Å²) in [5, 5.41) is 0. The summed E-state index contributed by atoms with van der Waals surface area (Å²) in [6.45, 7) is 4.36. The molecule has 0 unspecified atom stereocenters. The zero-order valence-electron chi connectivity index (χ0n) is 14.6. The SMILES string of the molecule is CCCCCCCc1ccc(-c2ncc(C(=O)OCC)cn2)cc1. The van der Waals surface area contributed by atoms with Gasteiger partial charge in [-0.3, -0.25) is 0 Å². The summed E-state index contributed by atoms with van der Waals surface area (Å²) in [6, 6.07) is 8.36. The van der Waals surface area contributed by atoms with E-state index in [1.54, 1.807) is 6.92 Å². The molecule has 1 aromatic carbocycles. The van der Waals surface area contributed by atoms with Crippen molar-refractivity contribution in [3.63, 3.8) is 0 Å². The Morgan fingerprint density at radius 2 is 1.62 bits per heavy atom. The molecule has 24 heavy (non-hydrogen) atoms. The maximum atomic E-state index is 11.6. The van der Waals surface area contributed by atoms with Gasteiger partial charge in [-0.05, 0) is 25.3 Å². The fourth-order valence-corrected chi connectivity index (χ4v) is 2.55. The van der Waals surface area contributed by atoms with Crippen LogP contribution in [0.5, 0.6) is 0 Å². The summed E-state index contributed by atoms with van der Waals surface area (Å²) in [5.41, 5.74) is 2.68. The fourth-order valence-electron chi connectivity index (χ4n) is 2.55. The predicted octanol–water partition coefficient (Wildman–Crippen LogP) is 4.83. The third-order valence-corrected chi connectivity index (χ3v) is 3.94. The molecule has 0 amide bonds. The maximum absolute atomic E-state index is 11.6. The molecule has 0 aliphatic carbocycles. The molecule has 0 atom stereocenters. The van der Waals surface area contributed by atoms with E-state index in [4.69, 9.17) is 4.74 Å². The number of hydrogen-bond acceptors (Lipinski definition) is 4. The minimum Gasteiger partial charge on any atom is -0.462 e. The summed E-state index contributed by atoms with van der Waals surface area (Å²) in [5.74, 6) is 0.236. The summed E-state index contributed by atoms with van der Waals surface area (Å²) >= 11 is 0. The highest BCUT2D eigenvalue weighted by Gasteiger charge is 2.08. The van der Waals surface area contributed by atoms with Crippen LogP contribution in [0.2, 0.25) is 0 Å². The molecule has 0 saturated carbocycles. The first-order valence-corrected chi connectivity index (χ1v) is 8.83. The van der Waals surface area contributed by atoms with Gasteiger partial charge in [0.05, 0.1) is 12.2 Å². The third kappa shape index (κ3) is 5.44. The van der Waals surface area contributed by atoms with Gasteiger partial charge in [-0.15, -0.1) is 0 Å². The van der Waals surface area contributed by atoms with Gasteiger partial charge in [-0.25, -0.2) is 14.8 Å². The Morgan fingerprint density at radius 1 is 0.958 bits per heavy atom. The van der Waals surface area contributed by atoms with Crippen molar-refractivity contribution in [2.45, 2.75) is 52.4 Å². The lowest BCUT2D eigenvalue weighted by atomic mass is 10.0. The Bertz CT molecular complexity index is 621. The first-order chi connectivity index (χ1) is 11.7. The van der Waals surface area contributed by atoms with Crippen LogP contribution in [0.1, 0.15) is 61.9 Å². The lowest BCUT2D eigenvalue weighted by Gasteiger charge is -2.05. The molecule has 0 aliphatic rings. The van der Waals surface area contributed by atoms with E-state index in [1.807, 2.05) is 12.1 Å². The minimum absolute atomic E-state index is 0.348. The predicted molar refractivity (Wildman–Crippen MR) is 95.9 cm³/mol. The number of ether oxygens (including phenoxy) is 1. The number of aryl methyl sites for hydroxylation is 1. The van der Waals surface area contributed by atoms with E-state index in [0.29, 0.717) is 18.0 Å². The number of aromatic nitrogens is 2. The molecule has 4 heteroatoms. The van der Waals surface area contributed by atoms with Crippen molar-refractivity contribution in [3.8, 4) is 11.4 Å². The minimum atomic E-state index is -0.387. The number of esters is 1. The molecule has 0 fully saturated rings. The summed E-state index contributed by atoms with van der Waals surface area (Å²) in [7, 11) is 0. The van der Waals surface area contributed by atoms with E-state index in [2.05, 4.69) is 29.0 Å². The van der Waals surface area contributed by atoms with Crippen LogP contribution in [0, 0.1) is 0 Å². The molecule has 2 aromatic rings. The molecule has 0 aliphatic heterocycles. The topological polar surface area (TPSA) is 52.1 Å². The average Bonchev–Trinajstić information content (AvgIpc) is 2.62. The standard InChI is InChI=1S/C20H26N2O2/c1-3-5-6-7-8-9-16-10-12-17(13-11-16)19-21-14-18(15-22-19)20(23)24-4-2/h10-15H,3-9H2,1-2H3. The van der Waals surface area contributed by atoms with E-state index in [0.717, 1.165) is 12.0 Å². The van der Waals surface area contributed by atoms with Crippen molar-refractivity contribution < 1.29 is 9.53 Å². The van der Waals surface area contributed by atoms with Crippen LogP contribution in [-0.2, 0) is 11.2 Å². The molecule has 0 N–H and O–H groups in total. The Morgan fingerprint density at radius 3 is 2.25 bits per heavy atom. The van der Waals surface area contributed by atoms with E-state index in [9.17, 15) is 4.79 Å². The van der Waals surface area contributed by atoms with Crippen LogP contribution in [-0.4, -0.2) is 22.5 Å². The van der Waals surface area contributed by atoms with Crippen LogP contribution in [0.25, 0.3) is 11.4 Å². The van der Waals surface area contributed by atoms with E-state index < -0.39 is 0 Å². The molecule has 128 valence electrons. The smallest absolute Gasteiger partial charge is 0.341 e. The second-order valence-corrected chi connectivity index (χ2v) is 5.88.